The summed E-state index contributed by atoms with van der Waals surface area (Å²) in [6, 6.07) is 11.1. The molecule has 1 aliphatic rings. The zero-order chi connectivity index (χ0) is 16.6. The zero-order valence-corrected chi connectivity index (χ0v) is 13.4. The first-order valence-corrected chi connectivity index (χ1v) is 7.59. The van der Waals surface area contributed by atoms with E-state index in [-0.39, 0.29) is 0 Å². The van der Waals surface area contributed by atoms with E-state index >= 15 is 0 Å². The van der Waals surface area contributed by atoms with Crippen molar-refractivity contribution < 1.29 is 19.8 Å². The summed E-state index contributed by atoms with van der Waals surface area (Å²) in [7, 11) is 0. The van der Waals surface area contributed by atoms with Crippen molar-refractivity contribution in [2.45, 2.75) is 6.10 Å². The largest absolute Gasteiger partial charge is 0.478 e. The number of hydrogen-bond acceptors (Lipinski definition) is 3. The number of carboxylic acid groups (broad SMARTS) is 1. The van der Waals surface area contributed by atoms with Gasteiger partial charge in [-0.3, -0.25) is 4.79 Å². The van der Waals surface area contributed by atoms with Crippen LogP contribution >= 0.6 is 15.9 Å². The third kappa shape index (κ3) is 2.91. The summed E-state index contributed by atoms with van der Waals surface area (Å²) in [5, 5.41) is 21.6. The van der Waals surface area contributed by atoms with Gasteiger partial charge in [-0.25, -0.2) is 4.79 Å². The van der Waals surface area contributed by atoms with Crippen LogP contribution in [0.25, 0.3) is 11.1 Å². The van der Waals surface area contributed by atoms with Gasteiger partial charge in [0.2, 0.25) is 5.91 Å². The van der Waals surface area contributed by atoms with Gasteiger partial charge < -0.3 is 15.5 Å². The average Bonchev–Trinajstić information content (AvgIpc) is 2.79. The molecule has 1 atom stereocenters. The molecular weight excluding hydrogens is 362 g/mol. The molecule has 0 spiro atoms. The molecule has 5 nitrogen and oxygen atoms in total. The number of anilines is 1. The van der Waals surface area contributed by atoms with E-state index in [9.17, 15) is 14.7 Å². The van der Waals surface area contributed by atoms with Gasteiger partial charge in [0, 0.05) is 16.6 Å². The van der Waals surface area contributed by atoms with Gasteiger partial charge in [0.05, 0.1) is 5.69 Å². The van der Waals surface area contributed by atoms with Crippen molar-refractivity contribution in [2.75, 3.05) is 5.32 Å². The summed E-state index contributed by atoms with van der Waals surface area (Å²) >= 11 is 3.39. The number of fused-ring (bicyclic) bond motifs is 3. The molecule has 0 unspecified atom stereocenters. The summed E-state index contributed by atoms with van der Waals surface area (Å²) in [5.74, 6) is -1.75. The number of aliphatic hydroxyl groups excluding tert-OH is 1. The van der Waals surface area contributed by atoms with Crippen molar-refractivity contribution in [1.82, 2.24) is 0 Å². The molecule has 3 N–H and O–H groups in total. The van der Waals surface area contributed by atoms with Crippen LogP contribution in [-0.4, -0.2) is 22.1 Å². The van der Waals surface area contributed by atoms with Crippen LogP contribution in [0, 0.1) is 0 Å². The number of carbonyl (C=O) groups excluding carboxylic acids is 1. The molecule has 0 saturated heterocycles. The van der Waals surface area contributed by atoms with E-state index in [4.69, 9.17) is 5.11 Å². The number of rotatable bonds is 3. The number of aliphatic hydroxyl groups is 1. The smallest absolute Gasteiger partial charge is 0.328 e. The van der Waals surface area contributed by atoms with E-state index in [1.54, 1.807) is 6.07 Å². The van der Waals surface area contributed by atoms with Gasteiger partial charge in [-0.2, -0.15) is 0 Å². The van der Waals surface area contributed by atoms with Gasteiger partial charge >= 0.3 is 5.97 Å². The summed E-state index contributed by atoms with van der Waals surface area (Å²) < 4.78 is 0.650. The van der Waals surface area contributed by atoms with Crippen molar-refractivity contribution in [3.63, 3.8) is 0 Å². The first kappa shape index (κ1) is 15.5. The molecule has 0 fully saturated rings. The van der Waals surface area contributed by atoms with Crippen LogP contribution in [0.1, 0.15) is 17.2 Å². The lowest BCUT2D eigenvalue weighted by Gasteiger charge is -2.11. The lowest BCUT2D eigenvalue weighted by Crippen LogP contribution is -2.10. The number of carboxylic acids is 1. The number of amides is 1. The van der Waals surface area contributed by atoms with Crippen LogP contribution in [0.5, 0.6) is 0 Å². The minimum atomic E-state index is -1.20. The quantitative estimate of drug-likeness (QED) is 0.721. The van der Waals surface area contributed by atoms with Crippen molar-refractivity contribution in [3.05, 3.63) is 64.1 Å². The van der Waals surface area contributed by atoms with Crippen LogP contribution in [0.2, 0.25) is 0 Å². The van der Waals surface area contributed by atoms with Crippen LogP contribution in [0.3, 0.4) is 0 Å². The number of benzene rings is 2. The number of halogens is 1. The number of nitrogens with one attached hydrogen (secondary N) is 1. The van der Waals surface area contributed by atoms with Crippen LogP contribution < -0.4 is 5.32 Å². The summed E-state index contributed by atoms with van der Waals surface area (Å²) in [5.41, 5.74) is 3.85. The molecule has 1 aliphatic carbocycles. The zero-order valence-electron chi connectivity index (χ0n) is 11.8. The maximum absolute atomic E-state index is 11.7. The molecule has 0 bridgehead atoms. The van der Waals surface area contributed by atoms with Crippen molar-refractivity contribution in [1.29, 1.82) is 0 Å². The summed E-state index contributed by atoms with van der Waals surface area (Å²) in [6.45, 7) is 0. The van der Waals surface area contributed by atoms with E-state index in [0.29, 0.717) is 15.7 Å². The molecule has 1 amide bonds. The molecule has 116 valence electrons. The molecular formula is C17H12BrNO4. The summed E-state index contributed by atoms with van der Waals surface area (Å²) in [4.78, 5) is 22.2. The molecule has 0 radical (unpaired) electrons. The molecule has 0 saturated carbocycles. The molecule has 23 heavy (non-hydrogen) atoms. The molecule has 6 heteroatoms. The highest BCUT2D eigenvalue weighted by atomic mass is 79.9. The van der Waals surface area contributed by atoms with Crippen LogP contribution in [0.15, 0.2) is 53.0 Å². The Bertz CT molecular complexity index is 844. The third-order valence-corrected chi connectivity index (χ3v) is 4.27. The fraction of sp³-hybridized carbons (Fsp3) is 0.0588. The fourth-order valence-corrected chi connectivity index (χ4v) is 3.06. The monoisotopic (exact) mass is 373 g/mol. The topological polar surface area (TPSA) is 86.6 Å². The average molecular weight is 374 g/mol. The first-order valence-electron chi connectivity index (χ1n) is 6.80. The summed E-state index contributed by atoms with van der Waals surface area (Å²) in [6.07, 6.45) is 0.952. The highest BCUT2D eigenvalue weighted by Crippen LogP contribution is 2.46. The Hall–Kier alpha value is -2.44. The van der Waals surface area contributed by atoms with Gasteiger partial charge in [0.1, 0.15) is 6.10 Å². The SMILES string of the molecule is O=C(O)/C=C/C(=O)Nc1cc2c(cc1Br)-c1ccccc1[C@H]2O. The maximum Gasteiger partial charge on any atom is 0.328 e. The minimum Gasteiger partial charge on any atom is -0.478 e. The fourth-order valence-electron chi connectivity index (χ4n) is 2.61. The van der Waals surface area contributed by atoms with Crippen molar-refractivity contribution in [3.8, 4) is 11.1 Å². The molecule has 3 rings (SSSR count). The lowest BCUT2D eigenvalue weighted by molar-refractivity contribution is -0.131. The predicted octanol–water partition coefficient (Wildman–Crippen LogP) is 3.09. The van der Waals surface area contributed by atoms with Gasteiger partial charge in [-0.05, 0) is 50.3 Å². The number of hydrogen-bond donors (Lipinski definition) is 3. The number of aliphatic carboxylic acids is 1. The maximum atomic E-state index is 11.7. The van der Waals surface area contributed by atoms with Crippen molar-refractivity contribution in [2.24, 2.45) is 0 Å². The Morgan fingerprint density at radius 3 is 2.57 bits per heavy atom. The van der Waals surface area contributed by atoms with Gasteiger partial charge in [-0.1, -0.05) is 24.3 Å². The van der Waals surface area contributed by atoms with E-state index < -0.39 is 18.0 Å². The Morgan fingerprint density at radius 1 is 1.09 bits per heavy atom. The Balaban J connectivity index is 1.95. The molecule has 2 aromatic rings. The first-order chi connectivity index (χ1) is 11.0. The molecule has 0 aliphatic heterocycles. The van der Waals surface area contributed by atoms with Gasteiger partial charge in [0.25, 0.3) is 0 Å². The highest BCUT2D eigenvalue weighted by Gasteiger charge is 2.27. The Morgan fingerprint density at radius 2 is 1.83 bits per heavy atom. The second-order valence-corrected chi connectivity index (χ2v) is 5.92. The van der Waals surface area contributed by atoms with Crippen LogP contribution in [0.4, 0.5) is 5.69 Å². The number of carbonyl (C=O) groups is 2. The molecule has 0 heterocycles. The molecule has 2 aromatic carbocycles. The Kier molecular flexibility index (Phi) is 4.02. The van der Waals surface area contributed by atoms with E-state index in [2.05, 4.69) is 21.2 Å². The molecule has 0 aromatic heterocycles. The van der Waals surface area contributed by atoms with E-state index in [0.717, 1.165) is 28.8 Å². The Labute approximate surface area is 140 Å². The second-order valence-electron chi connectivity index (χ2n) is 5.07. The minimum absolute atomic E-state index is 0.468. The van der Waals surface area contributed by atoms with Gasteiger partial charge in [0.15, 0.2) is 0 Å². The lowest BCUT2D eigenvalue weighted by atomic mass is 10.1. The van der Waals surface area contributed by atoms with E-state index in [1.165, 1.54) is 0 Å². The normalized spacial score (nSPS) is 15.3. The standard InChI is InChI=1S/C17H12BrNO4/c18-13-7-11-9-3-1-2-4-10(9)17(23)12(11)8-14(13)19-15(20)5-6-16(21)22/h1-8,17,23H,(H,19,20)(H,21,22)/b6-5+/t17-/m1/s1. The highest BCUT2D eigenvalue weighted by molar-refractivity contribution is 9.10. The third-order valence-electron chi connectivity index (χ3n) is 3.61. The predicted molar refractivity (Wildman–Crippen MR) is 89.0 cm³/mol. The second kappa shape index (κ2) is 5.98. The van der Waals surface area contributed by atoms with Crippen LogP contribution in [-0.2, 0) is 9.59 Å². The van der Waals surface area contributed by atoms with Gasteiger partial charge in [-0.15, -0.1) is 0 Å². The van der Waals surface area contributed by atoms with E-state index in [1.807, 2.05) is 30.3 Å². The van der Waals surface area contributed by atoms with Crippen molar-refractivity contribution >= 4 is 33.5 Å².